The molecule has 0 fully saturated rings. The highest BCUT2D eigenvalue weighted by Gasteiger charge is 2.42. The Morgan fingerprint density at radius 3 is 1.06 bits per heavy atom. The lowest BCUT2D eigenvalue weighted by atomic mass is 10.2. The van der Waals surface area contributed by atoms with Gasteiger partial charge in [-0.05, 0) is 19.0 Å². The molecule has 0 saturated heterocycles. The van der Waals surface area contributed by atoms with Crippen molar-refractivity contribution in [1.82, 2.24) is 0 Å². The fraction of sp³-hybridized carbons (Fsp3) is 0.294. The molecular weight excluding hydrogens is 716 g/mol. The van der Waals surface area contributed by atoms with E-state index < -0.39 is 32.5 Å². The average molecular weight is 769 g/mol. The molecule has 4 N–H and O–H groups in total. The first-order valence-electron chi connectivity index (χ1n) is 14.7. The van der Waals surface area contributed by atoms with Crippen LogP contribution in [0, 0.1) is 0 Å². The molecule has 1 atom stereocenters. The number of phosphoric acid groups is 2. The second-order valence-corrected chi connectivity index (χ2v) is 25.2. The molecule has 0 aliphatic rings. The van der Waals surface area contributed by atoms with E-state index in [1.807, 2.05) is 8.93 Å². The van der Waals surface area contributed by atoms with Crippen LogP contribution in [0.4, 0.5) is 0 Å². The highest BCUT2D eigenvalue weighted by atomic mass is 32.0. The maximum absolute atomic E-state index is 9.63. The Morgan fingerprint density at radius 1 is 0.625 bits per heavy atom. The van der Waals surface area contributed by atoms with E-state index in [2.05, 4.69) is 174 Å². The smallest absolute Gasteiger partial charge is 0.302 e. The SMILES string of the molecule is C.CC(C)(C)[SiH](c1ccccc1)c1ccccc1.CC(C)(C)[Si](C)(c1ccccc1)c1ccccc1.O=P(O)(O)OP(=O)(O)O.O=PP. The number of rotatable bonds is 6. The monoisotopic (exact) mass is 768 g/mol. The van der Waals surface area contributed by atoms with Gasteiger partial charge in [0.15, 0.2) is 8.15 Å². The lowest BCUT2D eigenvalue weighted by Crippen LogP contribution is -2.61. The Labute approximate surface area is 293 Å². The summed E-state index contributed by atoms with van der Waals surface area (Å²) in [6.45, 7) is 16.7. The summed E-state index contributed by atoms with van der Waals surface area (Å²) in [5, 5.41) is 6.77. The van der Waals surface area contributed by atoms with Crippen molar-refractivity contribution < 1.29 is 37.6 Å². The zero-order chi connectivity index (χ0) is 35.9. The molecule has 264 valence electrons. The quantitative estimate of drug-likeness (QED) is 0.118. The molecule has 8 nitrogen and oxygen atoms in total. The van der Waals surface area contributed by atoms with E-state index in [0.29, 0.717) is 10.1 Å². The van der Waals surface area contributed by atoms with E-state index >= 15 is 0 Å². The van der Waals surface area contributed by atoms with Crippen LogP contribution in [-0.4, -0.2) is 36.4 Å². The molecular formula is C34H52O8P4Si2. The standard InChI is InChI=1S/C17H22Si.C16H20Si.CH4.H4O7P2.H2OP2/c1-17(2,3)18(4,15-11-7-5-8-12-15)16-13-9-6-10-14-16;1-16(2,3)17(14-10-6-4-7-11-14)15-12-8-5-9-13-15;;1-8(2,3)7-9(4,5)6;1-3-2/h5-14H,1-4H3;4-13,17H,1-3H3;1H4;(H2,1,2,3)(H2,4,5,6);2H2. The van der Waals surface area contributed by atoms with Crippen molar-refractivity contribution in [1.29, 1.82) is 0 Å². The van der Waals surface area contributed by atoms with Crippen LogP contribution in [0.1, 0.15) is 49.0 Å². The highest BCUT2D eigenvalue weighted by Crippen LogP contribution is 2.53. The summed E-state index contributed by atoms with van der Waals surface area (Å²) in [5.41, 5.74) is 0. The van der Waals surface area contributed by atoms with Gasteiger partial charge in [-0.25, -0.2) is 9.13 Å². The summed E-state index contributed by atoms with van der Waals surface area (Å²) < 4.78 is 31.1. The van der Waals surface area contributed by atoms with E-state index in [0.717, 1.165) is 0 Å². The summed E-state index contributed by atoms with van der Waals surface area (Å²) in [5.74, 6) is 0. The third-order valence-corrected chi connectivity index (χ3v) is 19.1. The van der Waals surface area contributed by atoms with Gasteiger partial charge in [-0.3, -0.25) is 4.57 Å². The van der Waals surface area contributed by atoms with Crippen molar-refractivity contribution in [3.05, 3.63) is 121 Å². The minimum Gasteiger partial charge on any atom is -0.302 e. The van der Waals surface area contributed by atoms with Gasteiger partial charge in [-0.1, -0.05) is 198 Å². The lowest BCUT2D eigenvalue weighted by Gasteiger charge is -2.41. The topological polar surface area (TPSA) is 141 Å². The van der Waals surface area contributed by atoms with Gasteiger partial charge < -0.3 is 19.6 Å². The largest absolute Gasteiger partial charge is 0.478 e. The molecule has 14 heteroatoms. The fourth-order valence-corrected chi connectivity index (χ4v) is 13.7. The summed E-state index contributed by atoms with van der Waals surface area (Å²) in [4.78, 5) is 31.0. The summed E-state index contributed by atoms with van der Waals surface area (Å²) >= 11 is 0. The van der Waals surface area contributed by atoms with Crippen LogP contribution in [0.3, 0.4) is 0 Å². The molecule has 48 heavy (non-hydrogen) atoms. The maximum Gasteiger partial charge on any atom is 0.478 e. The van der Waals surface area contributed by atoms with E-state index in [4.69, 9.17) is 24.1 Å². The summed E-state index contributed by atoms with van der Waals surface area (Å²) in [6, 6.07) is 44.0. The van der Waals surface area contributed by atoms with Crippen molar-refractivity contribution in [2.45, 2.75) is 65.6 Å². The first-order valence-corrected chi connectivity index (χ1v) is 24.5. The number of benzene rings is 4. The maximum atomic E-state index is 9.63. The van der Waals surface area contributed by atoms with Gasteiger partial charge in [0.2, 0.25) is 0 Å². The van der Waals surface area contributed by atoms with E-state index in [1.54, 1.807) is 0 Å². The molecule has 0 spiro atoms. The molecule has 4 rings (SSSR count). The zero-order valence-electron chi connectivity index (χ0n) is 28.0. The van der Waals surface area contributed by atoms with E-state index in [-0.39, 0.29) is 15.6 Å². The van der Waals surface area contributed by atoms with Gasteiger partial charge >= 0.3 is 15.6 Å². The minimum absolute atomic E-state index is 0. The highest BCUT2D eigenvalue weighted by molar-refractivity contribution is 7.96. The average Bonchev–Trinajstić information content (AvgIpc) is 2.97. The molecule has 0 radical (unpaired) electrons. The van der Waals surface area contributed by atoms with Gasteiger partial charge in [0.25, 0.3) is 0 Å². The second kappa shape index (κ2) is 20.7. The first kappa shape index (κ1) is 46.1. The Balaban J connectivity index is 0.000000688. The molecule has 0 aliphatic heterocycles. The predicted molar refractivity (Wildman–Crippen MR) is 212 cm³/mol. The van der Waals surface area contributed by atoms with Gasteiger partial charge in [0.05, 0.1) is 0 Å². The minimum atomic E-state index is -5.05. The second-order valence-electron chi connectivity index (χ2n) is 12.9. The lowest BCUT2D eigenvalue weighted by molar-refractivity contribution is 0.225. The molecule has 0 heterocycles. The van der Waals surface area contributed by atoms with Gasteiger partial charge in [-0.2, -0.15) is 4.31 Å². The summed E-state index contributed by atoms with van der Waals surface area (Å²) in [6.07, 6.45) is 0. The number of hydrogen-bond acceptors (Lipinski definition) is 4. The van der Waals surface area contributed by atoms with Gasteiger partial charge in [0.1, 0.15) is 16.9 Å². The Kier molecular flexibility index (Phi) is 19.9. The van der Waals surface area contributed by atoms with Crippen LogP contribution >= 0.6 is 32.7 Å². The van der Waals surface area contributed by atoms with Crippen molar-refractivity contribution in [2.75, 3.05) is 0 Å². The number of hydrogen-bond donors (Lipinski definition) is 4. The Hall–Kier alpha value is -1.90. The molecule has 4 aromatic rings. The van der Waals surface area contributed by atoms with Crippen LogP contribution in [0.15, 0.2) is 121 Å². The van der Waals surface area contributed by atoms with Crippen LogP contribution in [0.2, 0.25) is 16.6 Å². The molecule has 0 aromatic heterocycles. The zero-order valence-corrected chi connectivity index (χ0v) is 34.0. The Bertz CT molecular complexity index is 1460. The summed E-state index contributed by atoms with van der Waals surface area (Å²) in [7, 11) is -10.9. The van der Waals surface area contributed by atoms with Crippen molar-refractivity contribution in [2.24, 2.45) is 0 Å². The van der Waals surface area contributed by atoms with Crippen molar-refractivity contribution in [3.8, 4) is 0 Å². The van der Waals surface area contributed by atoms with Crippen molar-refractivity contribution in [3.63, 3.8) is 0 Å². The Morgan fingerprint density at radius 2 is 0.875 bits per heavy atom. The molecule has 1 unspecified atom stereocenters. The van der Waals surface area contributed by atoms with Crippen LogP contribution in [-0.2, 0) is 18.0 Å². The van der Waals surface area contributed by atoms with Crippen molar-refractivity contribution >= 4 is 70.3 Å². The van der Waals surface area contributed by atoms with E-state index in [1.165, 1.54) is 20.7 Å². The molecule has 0 amide bonds. The molecule has 4 aromatic carbocycles. The third kappa shape index (κ3) is 16.2. The van der Waals surface area contributed by atoms with Crippen LogP contribution in [0.25, 0.3) is 0 Å². The first-order chi connectivity index (χ1) is 21.7. The molecule has 0 saturated carbocycles. The van der Waals surface area contributed by atoms with E-state index in [9.17, 15) is 9.13 Å². The molecule has 0 aliphatic carbocycles. The van der Waals surface area contributed by atoms with Crippen LogP contribution < -0.4 is 20.7 Å². The normalized spacial score (nSPS) is 11.9. The molecule has 0 bridgehead atoms. The third-order valence-electron chi connectivity index (χ3n) is 7.55. The van der Waals surface area contributed by atoms with Gasteiger partial charge in [0, 0.05) is 0 Å². The fourth-order valence-electron chi connectivity index (χ4n) is 5.20. The van der Waals surface area contributed by atoms with Crippen LogP contribution in [0.5, 0.6) is 0 Å². The van der Waals surface area contributed by atoms with Gasteiger partial charge in [-0.15, -0.1) is 0 Å². The predicted octanol–water partition coefficient (Wildman–Crippen LogP) is 7.40.